The molecule has 21 heavy (non-hydrogen) atoms. The second kappa shape index (κ2) is 6.68. The summed E-state index contributed by atoms with van der Waals surface area (Å²) in [4.78, 5) is 4.50. The van der Waals surface area contributed by atoms with Crippen LogP contribution in [0.5, 0.6) is 0 Å². The van der Waals surface area contributed by atoms with Gasteiger partial charge in [-0.3, -0.25) is 4.98 Å². The highest BCUT2D eigenvalue weighted by Gasteiger charge is 2.15. The van der Waals surface area contributed by atoms with Gasteiger partial charge in [-0.15, -0.1) is 0 Å². The van der Waals surface area contributed by atoms with Crippen molar-refractivity contribution in [3.05, 3.63) is 57.8 Å². The van der Waals surface area contributed by atoms with Crippen molar-refractivity contribution in [2.75, 3.05) is 0 Å². The van der Waals surface area contributed by atoms with E-state index in [9.17, 15) is 8.42 Å². The van der Waals surface area contributed by atoms with Crippen molar-refractivity contribution in [1.82, 2.24) is 9.71 Å². The minimum Gasteiger partial charge on any atom is -0.260 e. The average molecular weight is 369 g/mol. The van der Waals surface area contributed by atoms with Gasteiger partial charge in [0.2, 0.25) is 10.0 Å². The largest absolute Gasteiger partial charge is 0.260 e. The van der Waals surface area contributed by atoms with E-state index in [2.05, 4.69) is 25.6 Å². The Labute approximate surface area is 133 Å². The molecule has 4 nitrogen and oxygen atoms in total. The molecular formula is C15H17BrN2O2S. The summed E-state index contributed by atoms with van der Waals surface area (Å²) in [5.74, 6) is 0. The third-order valence-corrected chi connectivity index (χ3v) is 5.52. The smallest absolute Gasteiger partial charge is 0.240 e. The fraction of sp³-hybridized carbons (Fsp3) is 0.267. The average Bonchev–Trinajstić information content (AvgIpc) is 2.48. The summed E-state index contributed by atoms with van der Waals surface area (Å²) in [6, 6.07) is 8.78. The monoisotopic (exact) mass is 368 g/mol. The fourth-order valence-corrected chi connectivity index (χ4v) is 3.30. The second-order valence-electron chi connectivity index (χ2n) is 4.70. The van der Waals surface area contributed by atoms with Crippen molar-refractivity contribution in [3.63, 3.8) is 0 Å². The van der Waals surface area contributed by atoms with Crippen LogP contribution < -0.4 is 4.72 Å². The van der Waals surface area contributed by atoms with Gasteiger partial charge in [-0.1, -0.05) is 28.9 Å². The van der Waals surface area contributed by atoms with E-state index in [1.807, 2.05) is 26.0 Å². The first-order valence-electron chi connectivity index (χ1n) is 6.62. The number of nitrogens with one attached hydrogen (secondary N) is 1. The van der Waals surface area contributed by atoms with E-state index in [4.69, 9.17) is 0 Å². The molecule has 0 radical (unpaired) electrons. The molecule has 6 heteroatoms. The topological polar surface area (TPSA) is 59.1 Å². The normalized spacial score (nSPS) is 11.6. The number of rotatable bonds is 5. The Morgan fingerprint density at radius 2 is 2.05 bits per heavy atom. The molecule has 0 bridgehead atoms. The van der Waals surface area contributed by atoms with Gasteiger partial charge in [-0.05, 0) is 48.7 Å². The van der Waals surface area contributed by atoms with Crippen LogP contribution in [0, 0.1) is 6.92 Å². The second-order valence-corrected chi connectivity index (χ2v) is 7.32. The summed E-state index contributed by atoms with van der Waals surface area (Å²) in [6.45, 7) is 4.07. The Kier molecular flexibility index (Phi) is 5.13. The summed E-state index contributed by atoms with van der Waals surface area (Å²) in [5.41, 5.74) is 2.69. The van der Waals surface area contributed by atoms with Gasteiger partial charge in [0, 0.05) is 10.7 Å². The van der Waals surface area contributed by atoms with Crippen LogP contribution in [0.15, 0.2) is 45.9 Å². The van der Waals surface area contributed by atoms with Gasteiger partial charge in [-0.25, -0.2) is 13.1 Å². The summed E-state index contributed by atoms with van der Waals surface area (Å²) in [5, 5.41) is 0. The predicted octanol–water partition coefficient (Wildman–Crippen LogP) is 3.19. The lowest BCUT2D eigenvalue weighted by Crippen LogP contribution is -2.24. The maximum absolute atomic E-state index is 12.3. The van der Waals surface area contributed by atoms with E-state index in [0.717, 1.165) is 27.7 Å². The zero-order valence-electron chi connectivity index (χ0n) is 11.9. The number of nitrogens with zero attached hydrogens (tertiary/aromatic N) is 1. The van der Waals surface area contributed by atoms with E-state index >= 15 is 0 Å². The zero-order valence-corrected chi connectivity index (χ0v) is 14.3. The van der Waals surface area contributed by atoms with Gasteiger partial charge in [0.25, 0.3) is 0 Å². The number of benzene rings is 1. The van der Waals surface area contributed by atoms with Crippen LogP contribution in [-0.2, 0) is 23.0 Å². The van der Waals surface area contributed by atoms with Crippen molar-refractivity contribution >= 4 is 26.0 Å². The van der Waals surface area contributed by atoms with Crippen molar-refractivity contribution in [2.24, 2.45) is 0 Å². The summed E-state index contributed by atoms with van der Waals surface area (Å²) in [6.07, 6.45) is 2.49. The van der Waals surface area contributed by atoms with E-state index in [-0.39, 0.29) is 11.4 Å². The Bertz CT molecular complexity index is 745. The molecule has 0 saturated heterocycles. The molecule has 0 saturated carbocycles. The standard InChI is InChI=1S/C15H17BrN2O2S/c1-3-12-5-4-8-17-15(12)10-18-21(19,20)13-6-7-14(16)11(2)9-13/h4-9,18H,3,10H2,1-2H3. The number of aryl methyl sites for hydroxylation is 2. The Hall–Kier alpha value is -1.24. The molecule has 112 valence electrons. The molecule has 1 aromatic carbocycles. The first kappa shape index (κ1) is 16.1. The van der Waals surface area contributed by atoms with Crippen LogP contribution in [0.4, 0.5) is 0 Å². The Morgan fingerprint density at radius 1 is 1.29 bits per heavy atom. The highest BCUT2D eigenvalue weighted by Crippen LogP contribution is 2.20. The molecule has 0 atom stereocenters. The number of pyridine rings is 1. The lowest BCUT2D eigenvalue weighted by molar-refractivity contribution is 0.580. The van der Waals surface area contributed by atoms with Gasteiger partial charge in [0.1, 0.15) is 0 Å². The molecule has 0 fully saturated rings. The molecule has 1 heterocycles. The van der Waals surface area contributed by atoms with Crippen LogP contribution >= 0.6 is 15.9 Å². The maximum atomic E-state index is 12.3. The lowest BCUT2D eigenvalue weighted by atomic mass is 10.1. The maximum Gasteiger partial charge on any atom is 0.240 e. The van der Waals surface area contributed by atoms with Crippen molar-refractivity contribution in [2.45, 2.75) is 31.7 Å². The molecule has 0 aliphatic rings. The van der Waals surface area contributed by atoms with Gasteiger partial charge in [0.15, 0.2) is 0 Å². The van der Waals surface area contributed by atoms with E-state index in [1.165, 1.54) is 0 Å². The number of hydrogen-bond acceptors (Lipinski definition) is 3. The Morgan fingerprint density at radius 3 is 2.71 bits per heavy atom. The number of hydrogen-bond donors (Lipinski definition) is 1. The van der Waals surface area contributed by atoms with Crippen LogP contribution in [0.2, 0.25) is 0 Å². The minimum absolute atomic E-state index is 0.196. The first-order valence-corrected chi connectivity index (χ1v) is 8.90. The molecule has 0 aliphatic carbocycles. The van der Waals surface area contributed by atoms with Crippen LogP contribution in [0.25, 0.3) is 0 Å². The zero-order chi connectivity index (χ0) is 15.5. The molecule has 1 aromatic heterocycles. The molecule has 2 aromatic rings. The molecule has 0 spiro atoms. The highest BCUT2D eigenvalue weighted by atomic mass is 79.9. The Balaban J connectivity index is 2.20. The summed E-state index contributed by atoms with van der Waals surface area (Å²) >= 11 is 3.37. The summed E-state index contributed by atoms with van der Waals surface area (Å²) in [7, 11) is -3.53. The van der Waals surface area contributed by atoms with E-state index < -0.39 is 10.0 Å². The summed E-state index contributed by atoms with van der Waals surface area (Å²) < 4.78 is 28.1. The third kappa shape index (κ3) is 3.90. The third-order valence-electron chi connectivity index (χ3n) is 3.23. The van der Waals surface area contributed by atoms with Gasteiger partial charge in [0.05, 0.1) is 17.1 Å². The number of halogens is 1. The van der Waals surface area contributed by atoms with E-state index in [0.29, 0.717) is 0 Å². The van der Waals surface area contributed by atoms with Crippen LogP contribution in [0.1, 0.15) is 23.7 Å². The van der Waals surface area contributed by atoms with Crippen molar-refractivity contribution in [3.8, 4) is 0 Å². The molecular weight excluding hydrogens is 352 g/mol. The highest BCUT2D eigenvalue weighted by molar-refractivity contribution is 9.10. The van der Waals surface area contributed by atoms with E-state index in [1.54, 1.807) is 24.4 Å². The molecule has 0 unspecified atom stereocenters. The SMILES string of the molecule is CCc1cccnc1CNS(=O)(=O)c1ccc(Br)c(C)c1. The van der Waals surface area contributed by atoms with Gasteiger partial charge < -0.3 is 0 Å². The first-order chi connectivity index (χ1) is 9.94. The predicted molar refractivity (Wildman–Crippen MR) is 86.5 cm³/mol. The molecule has 0 aliphatic heterocycles. The quantitative estimate of drug-likeness (QED) is 0.881. The molecule has 0 amide bonds. The number of sulfonamides is 1. The van der Waals surface area contributed by atoms with Crippen molar-refractivity contribution in [1.29, 1.82) is 0 Å². The van der Waals surface area contributed by atoms with Crippen molar-refractivity contribution < 1.29 is 8.42 Å². The van der Waals surface area contributed by atoms with Gasteiger partial charge >= 0.3 is 0 Å². The minimum atomic E-state index is -3.53. The molecule has 2 rings (SSSR count). The van der Waals surface area contributed by atoms with Crippen LogP contribution in [0.3, 0.4) is 0 Å². The fourth-order valence-electron chi connectivity index (χ4n) is 1.98. The van der Waals surface area contributed by atoms with Gasteiger partial charge in [-0.2, -0.15) is 0 Å². The molecule has 1 N–H and O–H groups in total. The van der Waals surface area contributed by atoms with Crippen LogP contribution in [-0.4, -0.2) is 13.4 Å². The lowest BCUT2D eigenvalue weighted by Gasteiger charge is -2.10. The number of aromatic nitrogens is 1.